The Balaban J connectivity index is 1.86. The van der Waals surface area contributed by atoms with E-state index in [9.17, 15) is 18.0 Å². The van der Waals surface area contributed by atoms with Crippen molar-refractivity contribution in [2.75, 3.05) is 25.7 Å². The highest BCUT2D eigenvalue weighted by molar-refractivity contribution is 7.91. The smallest absolute Gasteiger partial charge is 0.262 e. The Hall–Kier alpha value is -2.26. The third kappa shape index (κ3) is 6.14. The van der Waals surface area contributed by atoms with Crippen LogP contribution in [0.2, 0.25) is 5.02 Å². The van der Waals surface area contributed by atoms with Crippen molar-refractivity contribution in [3.05, 3.63) is 28.8 Å². The number of halogens is 1. The van der Waals surface area contributed by atoms with Crippen LogP contribution in [0.1, 0.15) is 18.4 Å². The third-order valence-electron chi connectivity index (χ3n) is 4.01. The molecule has 0 spiro atoms. The van der Waals surface area contributed by atoms with E-state index < -0.39 is 21.7 Å². The van der Waals surface area contributed by atoms with Crippen LogP contribution in [0.15, 0.2) is 18.2 Å². The van der Waals surface area contributed by atoms with Crippen molar-refractivity contribution in [1.29, 1.82) is 0 Å². The van der Waals surface area contributed by atoms with Crippen LogP contribution in [0.5, 0.6) is 11.5 Å². The van der Waals surface area contributed by atoms with E-state index in [0.29, 0.717) is 28.5 Å². The van der Waals surface area contributed by atoms with Gasteiger partial charge < -0.3 is 9.47 Å². The van der Waals surface area contributed by atoms with E-state index in [-0.39, 0.29) is 23.8 Å². The monoisotopic (exact) mass is 416 g/mol. The maximum Gasteiger partial charge on any atom is 0.262 e. The van der Waals surface area contributed by atoms with Gasteiger partial charge in [0.05, 0.1) is 30.7 Å². The molecular weight excluding hydrogens is 396 g/mol. The minimum atomic E-state index is -3.03. The van der Waals surface area contributed by atoms with Crippen molar-refractivity contribution < 1.29 is 27.5 Å². The molecule has 0 saturated carbocycles. The summed E-state index contributed by atoms with van der Waals surface area (Å²) in [4.78, 5) is 23.6. The topological polar surface area (TPSA) is 111 Å². The number of hydrogen-bond donors (Lipinski definition) is 2. The van der Waals surface area contributed by atoms with Crippen LogP contribution in [0.25, 0.3) is 6.08 Å². The molecular formula is C17H21ClN2O6S. The van der Waals surface area contributed by atoms with E-state index in [1.165, 1.54) is 26.4 Å². The molecule has 1 atom stereocenters. The van der Waals surface area contributed by atoms with Gasteiger partial charge in [-0.3, -0.25) is 20.4 Å². The number of carbonyl (C=O) groups is 2. The first-order valence-electron chi connectivity index (χ1n) is 8.13. The fraction of sp³-hybridized carbons (Fsp3) is 0.412. The molecule has 0 bridgehead atoms. The summed E-state index contributed by atoms with van der Waals surface area (Å²) < 4.78 is 33.1. The molecule has 8 nitrogen and oxygen atoms in total. The second kappa shape index (κ2) is 9.09. The average molecular weight is 417 g/mol. The third-order valence-corrected chi connectivity index (χ3v) is 6.13. The van der Waals surface area contributed by atoms with Gasteiger partial charge in [0, 0.05) is 12.5 Å². The number of rotatable bonds is 6. The summed E-state index contributed by atoms with van der Waals surface area (Å²) in [5.41, 5.74) is 5.13. The van der Waals surface area contributed by atoms with Gasteiger partial charge in [0.2, 0.25) is 5.91 Å². The molecule has 2 amide bonds. The zero-order valence-corrected chi connectivity index (χ0v) is 16.5. The fourth-order valence-electron chi connectivity index (χ4n) is 2.73. The summed E-state index contributed by atoms with van der Waals surface area (Å²) in [6.07, 6.45) is 3.23. The van der Waals surface area contributed by atoms with Crippen LogP contribution in [0.4, 0.5) is 0 Å². The van der Waals surface area contributed by atoms with Crippen molar-refractivity contribution in [3.63, 3.8) is 0 Å². The molecule has 0 radical (unpaired) electrons. The van der Waals surface area contributed by atoms with Crippen LogP contribution < -0.4 is 20.3 Å². The second-order valence-corrected chi connectivity index (χ2v) is 8.72. The van der Waals surface area contributed by atoms with Gasteiger partial charge in [-0.2, -0.15) is 0 Å². The zero-order valence-electron chi connectivity index (χ0n) is 15.0. The number of carbonyl (C=O) groups excluding carboxylic acids is 2. The quantitative estimate of drug-likeness (QED) is 0.534. The van der Waals surface area contributed by atoms with Crippen molar-refractivity contribution in [1.82, 2.24) is 10.9 Å². The minimum absolute atomic E-state index is 0.00826. The first-order valence-corrected chi connectivity index (χ1v) is 10.3. The Morgan fingerprint density at radius 2 is 2.00 bits per heavy atom. The molecule has 148 valence electrons. The van der Waals surface area contributed by atoms with Gasteiger partial charge in [-0.25, -0.2) is 8.42 Å². The molecule has 27 heavy (non-hydrogen) atoms. The van der Waals surface area contributed by atoms with Crippen LogP contribution >= 0.6 is 11.6 Å². The molecule has 0 unspecified atom stereocenters. The van der Waals surface area contributed by atoms with Gasteiger partial charge in [-0.15, -0.1) is 0 Å². The summed E-state index contributed by atoms with van der Waals surface area (Å²) in [5, 5.41) is 0.330. The maximum atomic E-state index is 11.8. The number of amides is 2. The van der Waals surface area contributed by atoms with E-state index in [0.717, 1.165) is 0 Å². The summed E-state index contributed by atoms with van der Waals surface area (Å²) in [6, 6.07) is 3.25. The Morgan fingerprint density at radius 1 is 1.26 bits per heavy atom. The van der Waals surface area contributed by atoms with Gasteiger partial charge >= 0.3 is 0 Å². The SMILES string of the molecule is COc1cc(/C=C/C(=O)NNC(=O)C[C@H]2CCS(=O)(=O)C2)cc(Cl)c1OC. The molecule has 1 heterocycles. The highest BCUT2D eigenvalue weighted by Gasteiger charge is 2.29. The van der Waals surface area contributed by atoms with E-state index in [2.05, 4.69) is 10.9 Å². The van der Waals surface area contributed by atoms with Crippen LogP contribution in [-0.4, -0.2) is 46.0 Å². The molecule has 1 saturated heterocycles. The van der Waals surface area contributed by atoms with Crippen molar-refractivity contribution in [2.45, 2.75) is 12.8 Å². The van der Waals surface area contributed by atoms with Crippen LogP contribution in [-0.2, 0) is 19.4 Å². The number of methoxy groups -OCH3 is 2. The van der Waals surface area contributed by atoms with Crippen molar-refractivity contribution in [3.8, 4) is 11.5 Å². The van der Waals surface area contributed by atoms with E-state index in [1.54, 1.807) is 12.1 Å². The highest BCUT2D eigenvalue weighted by atomic mass is 35.5. The number of benzene rings is 1. The summed E-state index contributed by atoms with van der Waals surface area (Å²) >= 11 is 6.09. The average Bonchev–Trinajstić information content (AvgIpc) is 2.95. The predicted molar refractivity (Wildman–Crippen MR) is 101 cm³/mol. The number of sulfone groups is 1. The summed E-state index contributed by atoms with van der Waals surface area (Å²) in [7, 11) is -0.0941. The van der Waals surface area contributed by atoms with E-state index in [4.69, 9.17) is 21.1 Å². The maximum absolute atomic E-state index is 11.8. The predicted octanol–water partition coefficient (Wildman–Crippen LogP) is 1.34. The largest absolute Gasteiger partial charge is 0.493 e. The van der Waals surface area contributed by atoms with Gasteiger partial charge in [0.25, 0.3) is 5.91 Å². The molecule has 1 aliphatic heterocycles. The fourth-order valence-corrected chi connectivity index (χ4v) is 4.88. The molecule has 0 aliphatic carbocycles. The van der Waals surface area contributed by atoms with Gasteiger partial charge in [0.15, 0.2) is 21.3 Å². The lowest BCUT2D eigenvalue weighted by molar-refractivity contribution is -0.127. The van der Waals surface area contributed by atoms with Gasteiger partial charge in [0.1, 0.15) is 0 Å². The van der Waals surface area contributed by atoms with Crippen LogP contribution in [0, 0.1) is 5.92 Å². The Morgan fingerprint density at radius 3 is 2.59 bits per heavy atom. The van der Waals surface area contributed by atoms with Crippen molar-refractivity contribution in [2.24, 2.45) is 5.92 Å². The summed E-state index contributed by atoms with van der Waals surface area (Å²) in [6.45, 7) is 0. The first kappa shape index (κ1) is 21.0. The number of ether oxygens (including phenoxy) is 2. The lowest BCUT2D eigenvalue weighted by atomic mass is 10.1. The van der Waals surface area contributed by atoms with Crippen molar-refractivity contribution >= 4 is 39.3 Å². The number of hydrogen-bond acceptors (Lipinski definition) is 6. The lowest BCUT2D eigenvalue weighted by Crippen LogP contribution is -2.41. The molecule has 1 aliphatic rings. The molecule has 2 N–H and O–H groups in total. The molecule has 1 fully saturated rings. The zero-order chi connectivity index (χ0) is 20.0. The standard InChI is InChI=1S/C17H21ClN2O6S/c1-25-14-8-11(7-13(18)17(14)26-2)3-4-15(21)19-20-16(22)9-12-5-6-27(23,24)10-12/h3-4,7-8,12H,5-6,9-10H2,1-2H3,(H,19,21)(H,20,22)/b4-3+/t12-/m1/s1. The molecule has 2 rings (SSSR count). The Labute approximate surface area is 162 Å². The molecule has 1 aromatic rings. The Kier molecular flexibility index (Phi) is 7.09. The second-order valence-electron chi connectivity index (χ2n) is 6.08. The number of hydrazine groups is 1. The normalized spacial score (nSPS) is 18.3. The molecule has 1 aromatic carbocycles. The molecule has 0 aromatic heterocycles. The lowest BCUT2D eigenvalue weighted by Gasteiger charge is -2.10. The molecule has 10 heteroatoms. The van der Waals surface area contributed by atoms with Crippen LogP contribution in [0.3, 0.4) is 0 Å². The Bertz CT molecular complexity index is 853. The highest BCUT2D eigenvalue weighted by Crippen LogP contribution is 2.36. The number of nitrogens with one attached hydrogen (secondary N) is 2. The first-order chi connectivity index (χ1) is 12.7. The van der Waals surface area contributed by atoms with E-state index >= 15 is 0 Å². The summed E-state index contributed by atoms with van der Waals surface area (Å²) in [5.74, 6) is -0.271. The van der Waals surface area contributed by atoms with E-state index in [1.807, 2.05) is 0 Å². The van der Waals surface area contributed by atoms with Gasteiger partial charge in [-0.1, -0.05) is 11.6 Å². The minimum Gasteiger partial charge on any atom is -0.493 e. The van der Waals surface area contributed by atoms with Gasteiger partial charge in [-0.05, 0) is 36.1 Å².